The summed E-state index contributed by atoms with van der Waals surface area (Å²) in [5.74, 6) is 0.0627. The van der Waals surface area contributed by atoms with Crippen LogP contribution in [0.25, 0.3) is 0 Å². The molecular formula is C16H25N3O3. The number of hydrogen-bond acceptors (Lipinski definition) is 4. The van der Waals surface area contributed by atoms with E-state index >= 15 is 0 Å². The number of carbonyl (C=O) groups is 2. The molecule has 0 atom stereocenters. The highest BCUT2D eigenvalue weighted by Crippen LogP contribution is 2.27. The molecule has 0 bridgehead atoms. The average Bonchev–Trinajstić information content (AvgIpc) is 2.81. The molecule has 1 heterocycles. The van der Waals surface area contributed by atoms with E-state index in [1.54, 1.807) is 11.7 Å². The molecular weight excluding hydrogens is 282 g/mol. The van der Waals surface area contributed by atoms with Gasteiger partial charge in [-0.2, -0.15) is 5.10 Å². The average molecular weight is 307 g/mol. The van der Waals surface area contributed by atoms with Crippen molar-refractivity contribution in [2.45, 2.75) is 51.9 Å². The van der Waals surface area contributed by atoms with Crippen LogP contribution < -0.4 is 5.32 Å². The number of nitrogens with zero attached hydrogens (tertiary/aromatic N) is 2. The van der Waals surface area contributed by atoms with Gasteiger partial charge in [0.15, 0.2) is 5.69 Å². The number of aryl methyl sites for hydroxylation is 1. The molecule has 0 saturated heterocycles. The first-order valence-corrected chi connectivity index (χ1v) is 7.94. The fourth-order valence-corrected chi connectivity index (χ4v) is 3.01. The largest absolute Gasteiger partial charge is 0.464 e. The van der Waals surface area contributed by atoms with E-state index in [9.17, 15) is 9.59 Å². The van der Waals surface area contributed by atoms with Gasteiger partial charge in [0.1, 0.15) is 0 Å². The Morgan fingerprint density at radius 3 is 2.64 bits per heavy atom. The van der Waals surface area contributed by atoms with E-state index in [1.807, 2.05) is 6.92 Å². The maximum absolute atomic E-state index is 12.2. The zero-order valence-electron chi connectivity index (χ0n) is 13.6. The minimum absolute atomic E-state index is 0.0631. The number of methoxy groups -OCH3 is 1. The van der Waals surface area contributed by atoms with E-state index < -0.39 is 5.97 Å². The minimum Gasteiger partial charge on any atom is -0.464 e. The molecule has 0 aliphatic heterocycles. The van der Waals surface area contributed by atoms with Crippen LogP contribution in [-0.4, -0.2) is 28.8 Å². The lowest BCUT2D eigenvalue weighted by molar-refractivity contribution is -0.116. The van der Waals surface area contributed by atoms with Crippen LogP contribution in [0.4, 0.5) is 5.69 Å². The second-order valence-corrected chi connectivity index (χ2v) is 6.02. The van der Waals surface area contributed by atoms with Gasteiger partial charge in [-0.05, 0) is 19.3 Å². The number of rotatable bonds is 5. The second-order valence-electron chi connectivity index (χ2n) is 6.02. The van der Waals surface area contributed by atoms with Gasteiger partial charge in [-0.3, -0.25) is 9.48 Å². The monoisotopic (exact) mass is 307 g/mol. The first-order valence-electron chi connectivity index (χ1n) is 7.94. The first-order chi connectivity index (χ1) is 10.5. The van der Waals surface area contributed by atoms with Crippen molar-refractivity contribution in [3.05, 3.63) is 11.4 Å². The summed E-state index contributed by atoms with van der Waals surface area (Å²) in [7, 11) is 3.04. The van der Waals surface area contributed by atoms with Crippen molar-refractivity contribution in [3.8, 4) is 0 Å². The molecule has 1 fully saturated rings. The van der Waals surface area contributed by atoms with Crippen LogP contribution in [0.5, 0.6) is 0 Å². The Morgan fingerprint density at radius 2 is 2.00 bits per heavy atom. The van der Waals surface area contributed by atoms with Crippen LogP contribution in [0, 0.1) is 12.8 Å². The third-order valence-corrected chi connectivity index (χ3v) is 4.48. The Labute approximate surface area is 131 Å². The van der Waals surface area contributed by atoms with Gasteiger partial charge in [-0.25, -0.2) is 4.79 Å². The van der Waals surface area contributed by atoms with Gasteiger partial charge >= 0.3 is 5.97 Å². The van der Waals surface area contributed by atoms with Crippen molar-refractivity contribution >= 4 is 17.6 Å². The Kier molecular flexibility index (Phi) is 5.57. The van der Waals surface area contributed by atoms with Crippen molar-refractivity contribution in [3.63, 3.8) is 0 Å². The number of amides is 1. The predicted octanol–water partition coefficient (Wildman–Crippen LogP) is 2.81. The molecule has 1 aliphatic rings. The van der Waals surface area contributed by atoms with Crippen molar-refractivity contribution in [2.75, 3.05) is 12.4 Å². The molecule has 0 aromatic carbocycles. The van der Waals surface area contributed by atoms with Crippen LogP contribution in [0.2, 0.25) is 0 Å². The summed E-state index contributed by atoms with van der Waals surface area (Å²) < 4.78 is 6.29. The second kappa shape index (κ2) is 7.42. The molecule has 0 radical (unpaired) electrons. The van der Waals surface area contributed by atoms with E-state index in [0.717, 1.165) is 12.1 Å². The molecule has 1 aromatic rings. The molecule has 1 saturated carbocycles. The van der Waals surface area contributed by atoms with Gasteiger partial charge in [0.25, 0.3) is 0 Å². The SMILES string of the molecule is COC(=O)c1nn(C)c(C)c1NC(=O)CCC1CCCCC1. The molecule has 1 amide bonds. The topological polar surface area (TPSA) is 73.2 Å². The molecule has 1 aliphatic carbocycles. The summed E-state index contributed by atoms with van der Waals surface area (Å²) in [6.07, 6.45) is 7.73. The van der Waals surface area contributed by atoms with Crippen molar-refractivity contribution < 1.29 is 14.3 Å². The van der Waals surface area contributed by atoms with Crippen LogP contribution in [0.1, 0.15) is 61.1 Å². The van der Waals surface area contributed by atoms with Crippen molar-refractivity contribution in [2.24, 2.45) is 13.0 Å². The van der Waals surface area contributed by atoms with E-state index in [0.29, 0.717) is 18.0 Å². The lowest BCUT2D eigenvalue weighted by Gasteiger charge is -2.21. The Hall–Kier alpha value is -1.85. The maximum atomic E-state index is 12.2. The van der Waals surface area contributed by atoms with E-state index in [4.69, 9.17) is 4.74 Å². The van der Waals surface area contributed by atoms with Gasteiger partial charge in [0.05, 0.1) is 18.5 Å². The standard InChI is InChI=1S/C16H25N3O3/c1-11-14(15(16(21)22-3)18-19(11)2)17-13(20)10-9-12-7-5-4-6-8-12/h12H,4-10H2,1-3H3,(H,17,20). The van der Waals surface area contributed by atoms with Gasteiger partial charge in [-0.1, -0.05) is 32.1 Å². The van der Waals surface area contributed by atoms with Gasteiger partial charge in [-0.15, -0.1) is 0 Å². The molecule has 6 heteroatoms. The number of carbonyl (C=O) groups excluding carboxylic acids is 2. The third-order valence-electron chi connectivity index (χ3n) is 4.48. The van der Waals surface area contributed by atoms with Gasteiger partial charge < -0.3 is 10.1 Å². The molecule has 1 N–H and O–H groups in total. The van der Waals surface area contributed by atoms with Crippen LogP contribution in [0.15, 0.2) is 0 Å². The summed E-state index contributed by atoms with van der Waals surface area (Å²) in [5, 5.41) is 6.94. The summed E-state index contributed by atoms with van der Waals surface area (Å²) in [5.41, 5.74) is 1.36. The fourth-order valence-electron chi connectivity index (χ4n) is 3.01. The van der Waals surface area contributed by atoms with E-state index in [2.05, 4.69) is 10.4 Å². The van der Waals surface area contributed by atoms with Crippen LogP contribution in [-0.2, 0) is 16.6 Å². The molecule has 1 aromatic heterocycles. The zero-order chi connectivity index (χ0) is 16.1. The molecule has 0 unspecified atom stereocenters. The summed E-state index contributed by atoms with van der Waals surface area (Å²) in [6, 6.07) is 0. The molecule has 0 spiro atoms. The third kappa shape index (κ3) is 3.87. The van der Waals surface area contributed by atoms with Crippen molar-refractivity contribution in [1.29, 1.82) is 0 Å². The lowest BCUT2D eigenvalue weighted by atomic mass is 9.86. The molecule has 22 heavy (non-hydrogen) atoms. The first kappa shape index (κ1) is 16.5. The Bertz CT molecular complexity index is 545. The summed E-state index contributed by atoms with van der Waals surface area (Å²) >= 11 is 0. The highest BCUT2D eigenvalue weighted by atomic mass is 16.5. The number of hydrogen-bond donors (Lipinski definition) is 1. The smallest absolute Gasteiger partial charge is 0.360 e. The van der Waals surface area contributed by atoms with Gasteiger partial charge in [0.2, 0.25) is 5.91 Å². The highest BCUT2D eigenvalue weighted by Gasteiger charge is 2.22. The van der Waals surface area contributed by atoms with Crippen LogP contribution in [0.3, 0.4) is 0 Å². The van der Waals surface area contributed by atoms with Crippen molar-refractivity contribution in [1.82, 2.24) is 9.78 Å². The minimum atomic E-state index is -0.536. The number of ether oxygens (including phenoxy) is 1. The van der Waals surface area contributed by atoms with E-state index in [-0.39, 0.29) is 11.6 Å². The molecule has 2 rings (SSSR count). The maximum Gasteiger partial charge on any atom is 0.360 e. The quantitative estimate of drug-likeness (QED) is 0.849. The Balaban J connectivity index is 1.97. The molecule has 122 valence electrons. The van der Waals surface area contributed by atoms with Gasteiger partial charge in [0, 0.05) is 13.5 Å². The number of anilines is 1. The number of esters is 1. The number of aromatic nitrogens is 2. The van der Waals surface area contributed by atoms with Crippen LogP contribution >= 0.6 is 0 Å². The normalized spacial score (nSPS) is 15.6. The molecule has 6 nitrogen and oxygen atoms in total. The number of nitrogens with one attached hydrogen (secondary N) is 1. The zero-order valence-corrected chi connectivity index (χ0v) is 13.6. The summed E-state index contributed by atoms with van der Waals surface area (Å²) in [6.45, 7) is 1.82. The van der Waals surface area contributed by atoms with E-state index in [1.165, 1.54) is 39.2 Å². The summed E-state index contributed by atoms with van der Waals surface area (Å²) in [4.78, 5) is 23.9. The predicted molar refractivity (Wildman–Crippen MR) is 83.7 cm³/mol. The Morgan fingerprint density at radius 1 is 1.32 bits per heavy atom. The lowest BCUT2D eigenvalue weighted by Crippen LogP contribution is -2.17. The fraction of sp³-hybridized carbons (Fsp3) is 0.688. The highest BCUT2D eigenvalue weighted by molar-refractivity contribution is 6.00.